The Bertz CT molecular complexity index is 1550. The fourth-order valence-corrected chi connectivity index (χ4v) is 6.04. The van der Waals surface area contributed by atoms with Gasteiger partial charge in [-0.25, -0.2) is 0 Å². The fourth-order valence-electron chi connectivity index (χ4n) is 4.81. The van der Waals surface area contributed by atoms with E-state index in [1.165, 1.54) is 65.2 Å². The zero-order chi connectivity index (χ0) is 21.9. The number of hydrogen-bond acceptors (Lipinski definition) is 2. The van der Waals surface area contributed by atoms with E-state index in [2.05, 4.69) is 107 Å². The number of H-pyrrole nitrogens is 2. The van der Waals surface area contributed by atoms with Crippen LogP contribution >= 0.6 is 11.8 Å². The van der Waals surface area contributed by atoms with Crippen LogP contribution in [0.15, 0.2) is 107 Å². The highest BCUT2D eigenvalue weighted by molar-refractivity contribution is 7.99. The third-order valence-electron chi connectivity index (χ3n) is 6.64. The first-order chi connectivity index (χ1) is 16.2. The molecule has 0 fully saturated rings. The Morgan fingerprint density at radius 3 is 1.52 bits per heavy atom. The summed E-state index contributed by atoms with van der Waals surface area (Å²) in [4.78, 5) is 11.5. The summed E-state index contributed by atoms with van der Waals surface area (Å²) < 4.78 is 0. The van der Waals surface area contributed by atoms with E-state index in [4.69, 9.17) is 0 Å². The first-order valence-corrected chi connectivity index (χ1v) is 11.9. The van der Waals surface area contributed by atoms with E-state index in [1.807, 2.05) is 24.2 Å². The average Bonchev–Trinajstić information content (AvgIpc) is 3.52. The second kappa shape index (κ2) is 7.06. The van der Waals surface area contributed by atoms with Crippen LogP contribution in [-0.4, -0.2) is 17.0 Å². The van der Waals surface area contributed by atoms with Gasteiger partial charge >= 0.3 is 0 Å². The minimum absolute atomic E-state index is 1.17. The molecule has 33 heavy (non-hydrogen) atoms. The molecule has 2 N–H and O–H groups in total. The Morgan fingerprint density at radius 2 is 1.00 bits per heavy atom. The van der Waals surface area contributed by atoms with Gasteiger partial charge in [0.15, 0.2) is 0 Å². The summed E-state index contributed by atoms with van der Waals surface area (Å²) in [5.41, 5.74) is 9.78. The Morgan fingerprint density at radius 1 is 0.545 bits per heavy atom. The Kier molecular flexibility index (Phi) is 3.99. The second-order valence-corrected chi connectivity index (χ2v) is 9.67. The van der Waals surface area contributed by atoms with Crippen molar-refractivity contribution in [3.8, 4) is 22.3 Å². The molecular formula is C29H21N3S. The Labute approximate surface area is 196 Å². The molecule has 7 rings (SSSR count). The standard InChI is InChI=1S/C29H21N3S/c1-32-26-8-6-22(20-4-2-18-10-12-30-24(18)14-20)16-28(26)33-29-17-23(7-9-27(29)32)21-5-3-19-11-13-31-25(19)15-21/h2-17,30-31H,1H3. The molecule has 0 saturated heterocycles. The molecule has 4 heteroatoms. The number of nitrogens with one attached hydrogen (secondary N) is 2. The number of rotatable bonds is 2. The zero-order valence-electron chi connectivity index (χ0n) is 18.1. The number of aromatic amines is 2. The number of anilines is 2. The molecule has 3 nitrogen and oxygen atoms in total. The summed E-state index contributed by atoms with van der Waals surface area (Å²) in [6.07, 6.45) is 3.99. The van der Waals surface area contributed by atoms with Crippen molar-refractivity contribution >= 4 is 44.9 Å². The first kappa shape index (κ1) is 18.7. The molecule has 0 unspecified atom stereocenters. The second-order valence-electron chi connectivity index (χ2n) is 8.59. The Balaban J connectivity index is 1.28. The van der Waals surface area contributed by atoms with Gasteiger partial charge in [0.2, 0.25) is 0 Å². The van der Waals surface area contributed by atoms with Gasteiger partial charge in [-0.15, -0.1) is 0 Å². The summed E-state index contributed by atoms with van der Waals surface area (Å²) in [6.45, 7) is 0. The van der Waals surface area contributed by atoms with E-state index in [1.54, 1.807) is 0 Å². The van der Waals surface area contributed by atoms with E-state index in [0.29, 0.717) is 0 Å². The van der Waals surface area contributed by atoms with Crippen molar-refractivity contribution in [3.63, 3.8) is 0 Å². The topological polar surface area (TPSA) is 34.8 Å². The van der Waals surface area contributed by atoms with Crippen molar-refractivity contribution in [2.75, 3.05) is 11.9 Å². The maximum atomic E-state index is 3.33. The van der Waals surface area contributed by atoms with Crippen LogP contribution < -0.4 is 4.90 Å². The number of nitrogens with zero attached hydrogens (tertiary/aromatic N) is 1. The van der Waals surface area contributed by atoms with Crippen molar-refractivity contribution < 1.29 is 0 Å². The van der Waals surface area contributed by atoms with Crippen LogP contribution in [-0.2, 0) is 0 Å². The summed E-state index contributed by atoms with van der Waals surface area (Å²) in [7, 11) is 2.16. The monoisotopic (exact) mass is 443 g/mol. The van der Waals surface area contributed by atoms with Crippen LogP contribution in [0.1, 0.15) is 0 Å². The van der Waals surface area contributed by atoms with Crippen LogP contribution in [0.5, 0.6) is 0 Å². The first-order valence-electron chi connectivity index (χ1n) is 11.1. The lowest BCUT2D eigenvalue weighted by Crippen LogP contribution is -2.14. The highest BCUT2D eigenvalue weighted by Gasteiger charge is 2.22. The van der Waals surface area contributed by atoms with Crippen LogP contribution in [0.4, 0.5) is 11.4 Å². The predicted molar refractivity (Wildman–Crippen MR) is 140 cm³/mol. The lowest BCUT2D eigenvalue weighted by atomic mass is 10.0. The van der Waals surface area contributed by atoms with Gasteiger partial charge in [0.25, 0.3) is 0 Å². The predicted octanol–water partition coefficient (Wildman–Crippen LogP) is 8.22. The molecule has 0 aliphatic carbocycles. The maximum absolute atomic E-state index is 3.33. The van der Waals surface area contributed by atoms with E-state index in [-0.39, 0.29) is 0 Å². The third kappa shape index (κ3) is 2.99. The van der Waals surface area contributed by atoms with Crippen molar-refractivity contribution in [1.29, 1.82) is 0 Å². The van der Waals surface area contributed by atoms with Gasteiger partial charge in [0.05, 0.1) is 11.4 Å². The summed E-state index contributed by atoms with van der Waals surface area (Å²) in [5.74, 6) is 0. The number of hydrogen-bond donors (Lipinski definition) is 2. The third-order valence-corrected chi connectivity index (χ3v) is 7.73. The molecule has 6 aromatic rings. The van der Waals surface area contributed by atoms with Gasteiger partial charge in [0, 0.05) is 40.3 Å². The minimum atomic E-state index is 1.17. The highest BCUT2D eigenvalue weighted by Crippen LogP contribution is 2.49. The maximum Gasteiger partial charge on any atom is 0.0550 e. The van der Waals surface area contributed by atoms with Crippen LogP contribution in [0, 0.1) is 0 Å². The molecule has 0 amide bonds. The molecule has 0 bridgehead atoms. The van der Waals surface area contributed by atoms with Crippen LogP contribution in [0.2, 0.25) is 0 Å². The molecular weight excluding hydrogens is 422 g/mol. The van der Waals surface area contributed by atoms with Gasteiger partial charge in [0.1, 0.15) is 0 Å². The largest absolute Gasteiger partial charge is 0.361 e. The molecule has 1 aliphatic heterocycles. The fraction of sp³-hybridized carbons (Fsp3) is 0.0345. The number of fused-ring (bicyclic) bond motifs is 4. The molecule has 158 valence electrons. The Hall–Kier alpha value is -3.89. The van der Waals surface area contributed by atoms with E-state index in [9.17, 15) is 0 Å². The summed E-state index contributed by atoms with van der Waals surface area (Å²) in [5, 5.41) is 2.48. The van der Waals surface area contributed by atoms with E-state index < -0.39 is 0 Å². The van der Waals surface area contributed by atoms with Crippen molar-refractivity contribution in [1.82, 2.24) is 9.97 Å². The minimum Gasteiger partial charge on any atom is -0.361 e. The van der Waals surface area contributed by atoms with E-state index >= 15 is 0 Å². The molecule has 0 radical (unpaired) electrons. The smallest absolute Gasteiger partial charge is 0.0550 e. The van der Waals surface area contributed by atoms with Gasteiger partial charge < -0.3 is 14.9 Å². The van der Waals surface area contributed by atoms with Gasteiger partial charge in [-0.3, -0.25) is 0 Å². The molecule has 3 heterocycles. The molecule has 0 spiro atoms. The quantitative estimate of drug-likeness (QED) is 0.283. The molecule has 1 aliphatic rings. The molecule has 2 aromatic heterocycles. The zero-order valence-corrected chi connectivity index (χ0v) is 18.9. The average molecular weight is 444 g/mol. The summed E-state index contributed by atoms with van der Waals surface area (Å²) >= 11 is 1.86. The SMILES string of the molecule is CN1c2ccc(-c3ccc4cc[nH]c4c3)cc2Sc2cc(-c3ccc4cc[nH]c4c3)ccc21. The number of aromatic nitrogens is 2. The lowest BCUT2D eigenvalue weighted by Gasteiger charge is -2.30. The normalized spacial score (nSPS) is 12.8. The van der Waals surface area contributed by atoms with Gasteiger partial charge in [-0.1, -0.05) is 48.2 Å². The molecule has 0 atom stereocenters. The van der Waals surface area contributed by atoms with Gasteiger partial charge in [-0.05, 0) is 81.6 Å². The van der Waals surface area contributed by atoms with Crippen LogP contribution in [0.25, 0.3) is 44.1 Å². The van der Waals surface area contributed by atoms with Crippen molar-refractivity contribution in [2.24, 2.45) is 0 Å². The molecule has 4 aromatic carbocycles. The number of benzene rings is 4. The van der Waals surface area contributed by atoms with Gasteiger partial charge in [-0.2, -0.15) is 0 Å². The highest BCUT2D eigenvalue weighted by atomic mass is 32.2. The van der Waals surface area contributed by atoms with Crippen LogP contribution in [0.3, 0.4) is 0 Å². The molecule has 0 saturated carbocycles. The summed E-state index contributed by atoms with van der Waals surface area (Å²) in [6, 6.07) is 31.0. The lowest BCUT2D eigenvalue weighted by molar-refractivity contribution is 1.11. The van der Waals surface area contributed by atoms with Crippen molar-refractivity contribution in [3.05, 3.63) is 97.3 Å². The van der Waals surface area contributed by atoms with Crippen molar-refractivity contribution in [2.45, 2.75) is 9.79 Å². The van der Waals surface area contributed by atoms with E-state index in [0.717, 1.165) is 0 Å².